The Labute approximate surface area is 94.3 Å². The van der Waals surface area contributed by atoms with Crippen LogP contribution in [0.4, 0.5) is 5.69 Å². The van der Waals surface area contributed by atoms with Gasteiger partial charge in [-0.2, -0.15) is 0 Å². The summed E-state index contributed by atoms with van der Waals surface area (Å²) < 4.78 is 1.02. The van der Waals surface area contributed by atoms with Crippen LogP contribution in [0.5, 0.6) is 0 Å². The van der Waals surface area contributed by atoms with Gasteiger partial charge in [0.05, 0.1) is 11.9 Å². The first-order valence-corrected chi connectivity index (χ1v) is 5.90. The molecule has 0 aromatic carbocycles. The molecule has 0 amide bonds. The molecule has 0 fully saturated rings. The van der Waals surface area contributed by atoms with Crippen LogP contribution in [-0.2, 0) is 0 Å². The van der Waals surface area contributed by atoms with Crippen molar-refractivity contribution in [1.29, 1.82) is 0 Å². The number of pyridine rings is 1. The van der Waals surface area contributed by atoms with Crippen LogP contribution in [0.2, 0.25) is 0 Å². The first kappa shape index (κ1) is 11.5. The smallest absolute Gasteiger partial charge is 0.0538 e. The van der Waals surface area contributed by atoms with Gasteiger partial charge in [-0.25, -0.2) is 0 Å². The van der Waals surface area contributed by atoms with Crippen LogP contribution in [0.15, 0.2) is 22.9 Å². The predicted molar refractivity (Wildman–Crippen MR) is 64.5 cm³/mol. The van der Waals surface area contributed by atoms with Gasteiger partial charge >= 0.3 is 0 Å². The molecule has 1 heterocycles. The van der Waals surface area contributed by atoms with Gasteiger partial charge in [-0.05, 0) is 27.9 Å². The number of aromatic nitrogens is 1. The number of anilines is 1. The highest BCUT2D eigenvalue weighted by atomic mass is 79.9. The van der Waals surface area contributed by atoms with E-state index in [1.54, 1.807) is 6.20 Å². The summed E-state index contributed by atoms with van der Waals surface area (Å²) in [7, 11) is 0. The number of hydrogen-bond donors (Lipinski definition) is 1. The van der Waals surface area contributed by atoms with Gasteiger partial charge in [0, 0.05) is 17.2 Å². The second-order valence-electron chi connectivity index (χ2n) is 3.46. The van der Waals surface area contributed by atoms with Gasteiger partial charge < -0.3 is 5.32 Å². The quantitative estimate of drug-likeness (QED) is 0.870. The molecule has 1 aromatic heterocycles. The molecular formula is C11H17BrN2. The van der Waals surface area contributed by atoms with Crippen molar-refractivity contribution in [3.05, 3.63) is 22.9 Å². The van der Waals surface area contributed by atoms with Crippen molar-refractivity contribution in [2.75, 3.05) is 11.9 Å². The van der Waals surface area contributed by atoms with Crippen LogP contribution in [0.3, 0.4) is 0 Å². The van der Waals surface area contributed by atoms with E-state index in [1.165, 1.54) is 12.8 Å². The minimum atomic E-state index is 0.758. The van der Waals surface area contributed by atoms with Crippen molar-refractivity contribution in [3.8, 4) is 0 Å². The van der Waals surface area contributed by atoms with E-state index in [1.807, 2.05) is 6.20 Å². The summed E-state index contributed by atoms with van der Waals surface area (Å²) in [5, 5.41) is 3.39. The zero-order valence-corrected chi connectivity index (χ0v) is 10.3. The molecule has 0 spiro atoms. The van der Waals surface area contributed by atoms with Crippen molar-refractivity contribution >= 4 is 21.6 Å². The molecule has 78 valence electrons. The third-order valence-corrected chi connectivity index (χ3v) is 2.89. The lowest BCUT2D eigenvalue weighted by Gasteiger charge is -2.13. The van der Waals surface area contributed by atoms with Crippen LogP contribution in [0, 0.1) is 5.92 Å². The Kier molecular flexibility index (Phi) is 4.94. The second-order valence-corrected chi connectivity index (χ2v) is 4.37. The lowest BCUT2D eigenvalue weighted by Crippen LogP contribution is -2.12. The van der Waals surface area contributed by atoms with Gasteiger partial charge in [0.1, 0.15) is 0 Å². The van der Waals surface area contributed by atoms with Gasteiger partial charge in [0.15, 0.2) is 0 Å². The van der Waals surface area contributed by atoms with Gasteiger partial charge in [-0.3, -0.25) is 4.98 Å². The lowest BCUT2D eigenvalue weighted by molar-refractivity contribution is 0.519. The highest BCUT2D eigenvalue weighted by Gasteiger charge is 2.02. The van der Waals surface area contributed by atoms with Crippen molar-refractivity contribution in [1.82, 2.24) is 4.98 Å². The Hall–Kier alpha value is -0.570. The van der Waals surface area contributed by atoms with Crippen LogP contribution in [0.25, 0.3) is 0 Å². The van der Waals surface area contributed by atoms with E-state index in [-0.39, 0.29) is 0 Å². The van der Waals surface area contributed by atoms with E-state index in [0.29, 0.717) is 0 Å². The van der Waals surface area contributed by atoms with E-state index in [9.17, 15) is 0 Å². The normalized spacial score (nSPS) is 10.6. The van der Waals surface area contributed by atoms with Crippen molar-refractivity contribution < 1.29 is 0 Å². The van der Waals surface area contributed by atoms with E-state index in [4.69, 9.17) is 0 Å². The zero-order chi connectivity index (χ0) is 10.4. The molecule has 3 heteroatoms. The van der Waals surface area contributed by atoms with Crippen molar-refractivity contribution in [2.45, 2.75) is 26.7 Å². The first-order valence-electron chi connectivity index (χ1n) is 5.10. The van der Waals surface area contributed by atoms with Crippen LogP contribution in [-0.4, -0.2) is 11.5 Å². The summed E-state index contributed by atoms with van der Waals surface area (Å²) in [5.41, 5.74) is 1.09. The summed E-state index contributed by atoms with van der Waals surface area (Å²) in [5.74, 6) is 0.758. The Bertz CT molecular complexity index is 272. The Morgan fingerprint density at radius 1 is 1.36 bits per heavy atom. The third kappa shape index (κ3) is 3.66. The Balaban J connectivity index is 2.44. The third-order valence-electron chi connectivity index (χ3n) is 2.45. The summed E-state index contributed by atoms with van der Waals surface area (Å²) in [4.78, 5) is 4.10. The minimum absolute atomic E-state index is 0.758. The number of halogens is 1. The molecule has 0 aliphatic rings. The van der Waals surface area contributed by atoms with Crippen molar-refractivity contribution in [2.24, 2.45) is 5.92 Å². The fourth-order valence-corrected chi connectivity index (χ4v) is 1.71. The maximum atomic E-state index is 4.10. The number of nitrogens with one attached hydrogen (secondary N) is 1. The Morgan fingerprint density at radius 2 is 2.07 bits per heavy atom. The van der Waals surface area contributed by atoms with Gasteiger partial charge in [0.25, 0.3) is 0 Å². The highest BCUT2D eigenvalue weighted by Crippen LogP contribution is 2.15. The molecule has 0 saturated carbocycles. The fourth-order valence-electron chi connectivity index (χ4n) is 1.35. The second kappa shape index (κ2) is 6.02. The molecule has 0 radical (unpaired) electrons. The van der Waals surface area contributed by atoms with Gasteiger partial charge in [-0.15, -0.1) is 0 Å². The number of rotatable bonds is 5. The van der Waals surface area contributed by atoms with E-state index >= 15 is 0 Å². The molecule has 1 aromatic rings. The zero-order valence-electron chi connectivity index (χ0n) is 8.76. The standard InChI is InChI=1S/C11H17BrN2/c1-3-9(4-2)6-14-11-5-10(12)7-13-8-11/h5,7-9,14H,3-4,6H2,1-2H3. The number of nitrogens with zero attached hydrogens (tertiary/aromatic N) is 1. The lowest BCUT2D eigenvalue weighted by atomic mass is 10.0. The summed E-state index contributed by atoms with van der Waals surface area (Å²) in [6.45, 7) is 5.50. The average Bonchev–Trinajstić information content (AvgIpc) is 2.19. The molecule has 0 atom stereocenters. The van der Waals surface area contributed by atoms with Gasteiger partial charge in [-0.1, -0.05) is 26.7 Å². The van der Waals surface area contributed by atoms with Crippen LogP contribution in [0.1, 0.15) is 26.7 Å². The molecule has 1 N–H and O–H groups in total. The van der Waals surface area contributed by atoms with Crippen LogP contribution >= 0.6 is 15.9 Å². The monoisotopic (exact) mass is 256 g/mol. The fraction of sp³-hybridized carbons (Fsp3) is 0.545. The number of hydrogen-bond acceptors (Lipinski definition) is 2. The van der Waals surface area contributed by atoms with Crippen molar-refractivity contribution in [3.63, 3.8) is 0 Å². The molecule has 0 saturated heterocycles. The summed E-state index contributed by atoms with van der Waals surface area (Å²) in [6.07, 6.45) is 6.10. The molecule has 2 nitrogen and oxygen atoms in total. The van der Waals surface area contributed by atoms with Crippen LogP contribution < -0.4 is 5.32 Å². The minimum Gasteiger partial charge on any atom is -0.383 e. The Morgan fingerprint density at radius 3 is 2.64 bits per heavy atom. The SMILES string of the molecule is CCC(CC)CNc1cncc(Br)c1. The van der Waals surface area contributed by atoms with Gasteiger partial charge in [0.2, 0.25) is 0 Å². The summed E-state index contributed by atoms with van der Waals surface area (Å²) in [6, 6.07) is 2.05. The first-order chi connectivity index (χ1) is 6.76. The maximum Gasteiger partial charge on any atom is 0.0538 e. The summed E-state index contributed by atoms with van der Waals surface area (Å²) >= 11 is 3.40. The van der Waals surface area contributed by atoms with E-state index in [0.717, 1.165) is 22.6 Å². The molecule has 0 aliphatic heterocycles. The topological polar surface area (TPSA) is 24.9 Å². The van der Waals surface area contributed by atoms with E-state index < -0.39 is 0 Å². The molecule has 0 unspecified atom stereocenters. The molecule has 0 aliphatic carbocycles. The maximum absolute atomic E-state index is 4.10. The highest BCUT2D eigenvalue weighted by molar-refractivity contribution is 9.10. The molecule has 0 bridgehead atoms. The average molecular weight is 257 g/mol. The van der Waals surface area contributed by atoms with E-state index in [2.05, 4.69) is 46.1 Å². The molecule has 14 heavy (non-hydrogen) atoms. The molecule has 1 rings (SSSR count). The predicted octanol–water partition coefficient (Wildman–Crippen LogP) is 3.69. The largest absolute Gasteiger partial charge is 0.383 e. The molecular weight excluding hydrogens is 240 g/mol.